The van der Waals surface area contributed by atoms with Gasteiger partial charge in [-0.3, -0.25) is 9.59 Å². The van der Waals surface area contributed by atoms with Gasteiger partial charge >= 0.3 is 0 Å². The minimum Gasteiger partial charge on any atom is -0.383 e. The SMILES string of the molecule is CCCCCCC(=O)CC(O)C(=O)NCCc1cnc[nH]1. The fraction of sp³-hybridized carbons (Fsp3) is 0.667. The third-order valence-corrected chi connectivity index (χ3v) is 3.28. The Morgan fingerprint density at radius 1 is 1.38 bits per heavy atom. The number of unbranched alkanes of at least 4 members (excludes halogenated alkanes) is 3. The van der Waals surface area contributed by atoms with E-state index in [-0.39, 0.29) is 12.2 Å². The predicted octanol–water partition coefficient (Wildman–Crippen LogP) is 1.36. The van der Waals surface area contributed by atoms with Crippen molar-refractivity contribution in [1.29, 1.82) is 0 Å². The molecule has 0 radical (unpaired) electrons. The molecule has 0 saturated heterocycles. The molecule has 0 spiro atoms. The van der Waals surface area contributed by atoms with Crippen molar-refractivity contribution >= 4 is 11.7 Å². The standard InChI is InChI=1S/C15H25N3O3/c1-2-3-4-5-6-13(19)9-14(20)15(21)17-8-7-12-10-16-11-18-12/h10-11,14,20H,2-9H2,1H3,(H,16,18)(H,17,21). The number of carbonyl (C=O) groups excluding carboxylic acids is 2. The number of imidazole rings is 1. The van der Waals surface area contributed by atoms with Gasteiger partial charge in [-0.25, -0.2) is 4.98 Å². The number of aromatic amines is 1. The van der Waals surface area contributed by atoms with Crippen molar-refractivity contribution in [2.45, 2.75) is 58.0 Å². The summed E-state index contributed by atoms with van der Waals surface area (Å²) < 4.78 is 0. The van der Waals surface area contributed by atoms with E-state index in [9.17, 15) is 14.7 Å². The number of H-pyrrole nitrogens is 1. The summed E-state index contributed by atoms with van der Waals surface area (Å²) in [4.78, 5) is 30.1. The van der Waals surface area contributed by atoms with Crippen LogP contribution < -0.4 is 5.32 Å². The number of rotatable bonds is 11. The summed E-state index contributed by atoms with van der Waals surface area (Å²) in [7, 11) is 0. The first-order valence-corrected chi connectivity index (χ1v) is 7.58. The predicted molar refractivity (Wildman–Crippen MR) is 79.7 cm³/mol. The maximum atomic E-state index is 11.6. The Bertz CT molecular complexity index is 418. The molecule has 0 aliphatic rings. The van der Waals surface area contributed by atoms with Crippen LogP contribution in [0.15, 0.2) is 12.5 Å². The van der Waals surface area contributed by atoms with Crippen molar-refractivity contribution in [3.63, 3.8) is 0 Å². The summed E-state index contributed by atoms with van der Waals surface area (Å²) in [6.45, 7) is 2.52. The molecule has 118 valence electrons. The van der Waals surface area contributed by atoms with E-state index in [1.54, 1.807) is 12.5 Å². The molecule has 0 aliphatic heterocycles. The van der Waals surface area contributed by atoms with Crippen molar-refractivity contribution in [2.24, 2.45) is 0 Å². The summed E-state index contributed by atoms with van der Waals surface area (Å²) in [5, 5.41) is 12.3. The molecule has 0 fully saturated rings. The Labute approximate surface area is 125 Å². The molecule has 6 nitrogen and oxygen atoms in total. The Kier molecular flexibility index (Phi) is 8.35. The molecule has 21 heavy (non-hydrogen) atoms. The second kappa shape index (κ2) is 10.1. The van der Waals surface area contributed by atoms with Gasteiger partial charge in [0.05, 0.1) is 6.33 Å². The lowest BCUT2D eigenvalue weighted by Crippen LogP contribution is -2.37. The summed E-state index contributed by atoms with van der Waals surface area (Å²) >= 11 is 0. The Morgan fingerprint density at radius 2 is 2.19 bits per heavy atom. The molecule has 0 saturated carbocycles. The van der Waals surface area contributed by atoms with Gasteiger partial charge in [0.1, 0.15) is 11.9 Å². The largest absolute Gasteiger partial charge is 0.383 e. The average Bonchev–Trinajstić information content (AvgIpc) is 2.96. The van der Waals surface area contributed by atoms with Gasteiger partial charge in [-0.2, -0.15) is 0 Å². The van der Waals surface area contributed by atoms with E-state index in [2.05, 4.69) is 22.2 Å². The van der Waals surface area contributed by atoms with Crippen LogP contribution >= 0.6 is 0 Å². The number of aliphatic hydroxyl groups excluding tert-OH is 1. The molecule has 1 atom stereocenters. The average molecular weight is 295 g/mol. The number of aliphatic hydroxyl groups is 1. The second-order valence-corrected chi connectivity index (χ2v) is 5.19. The van der Waals surface area contributed by atoms with Crippen LogP contribution in [0.3, 0.4) is 0 Å². The molecule has 3 N–H and O–H groups in total. The smallest absolute Gasteiger partial charge is 0.249 e. The van der Waals surface area contributed by atoms with Crippen LogP contribution in [0, 0.1) is 0 Å². The molecule has 0 aliphatic carbocycles. The van der Waals surface area contributed by atoms with Crippen LogP contribution in [0.1, 0.15) is 51.1 Å². The minimum absolute atomic E-state index is 0.0534. The van der Waals surface area contributed by atoms with E-state index < -0.39 is 12.0 Å². The van der Waals surface area contributed by atoms with Crippen LogP contribution in [0.4, 0.5) is 0 Å². The van der Waals surface area contributed by atoms with Gasteiger partial charge in [-0.05, 0) is 6.42 Å². The van der Waals surface area contributed by atoms with Gasteiger partial charge in [0.25, 0.3) is 0 Å². The van der Waals surface area contributed by atoms with Crippen LogP contribution in [0.25, 0.3) is 0 Å². The molecule has 1 aromatic rings. The van der Waals surface area contributed by atoms with Crippen molar-refractivity contribution < 1.29 is 14.7 Å². The van der Waals surface area contributed by atoms with E-state index >= 15 is 0 Å². The van der Waals surface area contributed by atoms with Crippen LogP contribution in [-0.2, 0) is 16.0 Å². The van der Waals surface area contributed by atoms with Crippen molar-refractivity contribution in [3.05, 3.63) is 18.2 Å². The van der Waals surface area contributed by atoms with E-state index in [1.165, 1.54) is 0 Å². The van der Waals surface area contributed by atoms with Crippen molar-refractivity contribution in [3.8, 4) is 0 Å². The fourth-order valence-electron chi connectivity index (χ4n) is 2.02. The lowest BCUT2D eigenvalue weighted by atomic mass is 10.1. The van der Waals surface area contributed by atoms with Crippen LogP contribution in [0.2, 0.25) is 0 Å². The lowest BCUT2D eigenvalue weighted by molar-refractivity contribution is -0.133. The number of nitrogens with zero attached hydrogens (tertiary/aromatic N) is 1. The van der Waals surface area contributed by atoms with Gasteiger partial charge in [-0.1, -0.05) is 26.2 Å². The summed E-state index contributed by atoms with van der Waals surface area (Å²) in [6, 6.07) is 0. The molecule has 0 bridgehead atoms. The van der Waals surface area contributed by atoms with Gasteiger partial charge in [-0.15, -0.1) is 0 Å². The lowest BCUT2D eigenvalue weighted by Gasteiger charge is -2.10. The highest BCUT2D eigenvalue weighted by Gasteiger charge is 2.18. The van der Waals surface area contributed by atoms with Crippen LogP contribution in [-0.4, -0.2) is 39.4 Å². The third-order valence-electron chi connectivity index (χ3n) is 3.28. The maximum Gasteiger partial charge on any atom is 0.249 e. The van der Waals surface area contributed by atoms with E-state index in [1.807, 2.05) is 0 Å². The molecule has 6 heteroatoms. The first-order chi connectivity index (χ1) is 10.1. The first-order valence-electron chi connectivity index (χ1n) is 7.58. The zero-order valence-electron chi connectivity index (χ0n) is 12.6. The topological polar surface area (TPSA) is 95.1 Å². The summed E-state index contributed by atoms with van der Waals surface area (Å²) in [5.41, 5.74) is 0.914. The molecule has 1 aromatic heterocycles. The number of Topliss-reactive ketones (excluding diaryl/α,β-unsaturated/α-hetero) is 1. The number of nitrogens with one attached hydrogen (secondary N) is 2. The Hall–Kier alpha value is -1.69. The first kappa shape index (κ1) is 17.4. The zero-order chi connectivity index (χ0) is 15.5. The van der Waals surface area contributed by atoms with E-state index in [4.69, 9.17) is 0 Å². The molecule has 1 heterocycles. The van der Waals surface area contributed by atoms with Gasteiger partial charge in [0.2, 0.25) is 5.91 Å². The number of aromatic nitrogens is 2. The fourth-order valence-corrected chi connectivity index (χ4v) is 2.02. The van der Waals surface area contributed by atoms with Gasteiger partial charge < -0.3 is 15.4 Å². The number of hydrogen-bond donors (Lipinski definition) is 3. The minimum atomic E-state index is -1.24. The quantitative estimate of drug-likeness (QED) is 0.537. The highest BCUT2D eigenvalue weighted by Crippen LogP contribution is 2.06. The maximum absolute atomic E-state index is 11.6. The Morgan fingerprint density at radius 3 is 2.86 bits per heavy atom. The molecule has 1 amide bonds. The third kappa shape index (κ3) is 7.60. The second-order valence-electron chi connectivity index (χ2n) is 5.19. The Balaban J connectivity index is 2.13. The number of amides is 1. The van der Waals surface area contributed by atoms with E-state index in [0.717, 1.165) is 31.4 Å². The molecular formula is C15H25N3O3. The molecule has 1 rings (SSSR count). The normalized spacial score (nSPS) is 12.1. The molecular weight excluding hydrogens is 270 g/mol. The molecule has 1 unspecified atom stereocenters. The monoisotopic (exact) mass is 295 g/mol. The van der Waals surface area contributed by atoms with Crippen LogP contribution in [0.5, 0.6) is 0 Å². The zero-order valence-corrected chi connectivity index (χ0v) is 12.6. The van der Waals surface area contributed by atoms with E-state index in [0.29, 0.717) is 19.4 Å². The number of carbonyl (C=O) groups is 2. The van der Waals surface area contributed by atoms with Gasteiger partial charge in [0.15, 0.2) is 0 Å². The van der Waals surface area contributed by atoms with Crippen molar-refractivity contribution in [1.82, 2.24) is 15.3 Å². The highest BCUT2D eigenvalue weighted by molar-refractivity contribution is 5.88. The number of ketones is 1. The van der Waals surface area contributed by atoms with Gasteiger partial charge in [0, 0.05) is 37.7 Å². The van der Waals surface area contributed by atoms with Crippen molar-refractivity contribution in [2.75, 3.05) is 6.54 Å². The number of hydrogen-bond acceptors (Lipinski definition) is 4. The highest BCUT2D eigenvalue weighted by atomic mass is 16.3. The molecule has 0 aromatic carbocycles. The summed E-state index contributed by atoms with van der Waals surface area (Å²) in [5.74, 6) is -0.543. The summed E-state index contributed by atoms with van der Waals surface area (Å²) in [6.07, 6.45) is 7.07.